The Kier molecular flexibility index (Phi) is 3.46. The van der Waals surface area contributed by atoms with Crippen LogP contribution in [0, 0.1) is 11.3 Å². The number of benzene rings is 1. The zero-order valence-corrected chi connectivity index (χ0v) is 12.2. The van der Waals surface area contributed by atoms with E-state index in [1.165, 1.54) is 12.1 Å². The van der Waals surface area contributed by atoms with Gasteiger partial charge in [-0.15, -0.1) is 0 Å². The van der Waals surface area contributed by atoms with Crippen LogP contribution in [0.1, 0.15) is 42.4 Å². The Morgan fingerprint density at radius 1 is 1.27 bits per heavy atom. The van der Waals surface area contributed by atoms with Gasteiger partial charge in [-0.3, -0.25) is 0 Å². The largest absolute Gasteiger partial charge is 0.416 e. The lowest BCUT2D eigenvalue weighted by Gasteiger charge is -2.43. The number of fused-ring (bicyclic) bond motifs is 2. The van der Waals surface area contributed by atoms with Gasteiger partial charge < -0.3 is 10.0 Å². The maximum absolute atomic E-state index is 13.3. The number of halogens is 3. The third-order valence-corrected chi connectivity index (χ3v) is 5.09. The van der Waals surface area contributed by atoms with E-state index in [2.05, 4.69) is 4.90 Å². The van der Waals surface area contributed by atoms with Crippen LogP contribution in [-0.2, 0) is 11.8 Å². The Morgan fingerprint density at radius 3 is 2.36 bits per heavy atom. The van der Waals surface area contributed by atoms with E-state index in [0.717, 1.165) is 18.9 Å². The molecule has 0 aromatic heterocycles. The quantitative estimate of drug-likeness (QED) is 0.867. The molecule has 6 heteroatoms. The smallest absolute Gasteiger partial charge is 0.385 e. The summed E-state index contributed by atoms with van der Waals surface area (Å²) in [6, 6.07) is 5.41. The van der Waals surface area contributed by atoms with Crippen molar-refractivity contribution >= 4 is 0 Å². The van der Waals surface area contributed by atoms with Crippen molar-refractivity contribution in [2.75, 3.05) is 7.05 Å². The summed E-state index contributed by atoms with van der Waals surface area (Å²) in [6.45, 7) is 0. The Balaban J connectivity index is 2.07. The van der Waals surface area contributed by atoms with Gasteiger partial charge in [-0.1, -0.05) is 6.07 Å². The number of alkyl halides is 3. The van der Waals surface area contributed by atoms with Crippen LogP contribution in [-0.4, -0.2) is 29.1 Å². The number of nitrogens with zero attached hydrogens (tertiary/aromatic N) is 2. The van der Waals surface area contributed by atoms with Crippen molar-refractivity contribution < 1.29 is 18.3 Å². The molecular weight excluding hydrogens is 293 g/mol. The van der Waals surface area contributed by atoms with Gasteiger partial charge in [-0.05, 0) is 50.4 Å². The molecule has 3 nitrogen and oxygen atoms in total. The molecule has 118 valence electrons. The van der Waals surface area contributed by atoms with Gasteiger partial charge in [0.15, 0.2) is 0 Å². The van der Waals surface area contributed by atoms with E-state index < -0.39 is 17.3 Å². The summed E-state index contributed by atoms with van der Waals surface area (Å²) in [7, 11) is 1.96. The number of aliphatic hydroxyl groups is 1. The summed E-state index contributed by atoms with van der Waals surface area (Å²) in [5.41, 5.74) is -2.51. The highest BCUT2D eigenvalue weighted by molar-refractivity contribution is 5.43. The average molecular weight is 310 g/mol. The fraction of sp³-hybridized carbons (Fsp3) is 0.562. The van der Waals surface area contributed by atoms with Crippen LogP contribution >= 0.6 is 0 Å². The fourth-order valence-corrected chi connectivity index (χ4v) is 3.92. The number of piperidine rings is 1. The number of rotatable bonds is 1. The standard InChI is InChI=1S/C16H17F3N2O/c1-21-11-3-4-12(21)8-15(22,7-11)13-5-2-10(9-20)6-14(13)16(17,18)19/h2,5-6,11-12,22H,3-4,7-8H2,1H3. The number of hydrogen-bond donors (Lipinski definition) is 1. The molecule has 2 atom stereocenters. The maximum atomic E-state index is 13.3. The maximum Gasteiger partial charge on any atom is 0.416 e. The van der Waals surface area contributed by atoms with Gasteiger partial charge in [0.25, 0.3) is 0 Å². The van der Waals surface area contributed by atoms with E-state index in [1.54, 1.807) is 6.07 Å². The molecule has 1 aromatic carbocycles. The highest BCUT2D eigenvalue weighted by Gasteiger charge is 2.49. The highest BCUT2D eigenvalue weighted by atomic mass is 19.4. The Hall–Kier alpha value is -1.58. The molecule has 3 rings (SSSR count). The SMILES string of the molecule is CN1C2CCC1CC(O)(c1ccc(C#N)cc1C(F)(F)F)C2. The topological polar surface area (TPSA) is 47.3 Å². The Morgan fingerprint density at radius 2 is 1.86 bits per heavy atom. The molecule has 2 saturated heterocycles. The van der Waals surface area contributed by atoms with Crippen LogP contribution < -0.4 is 0 Å². The van der Waals surface area contributed by atoms with E-state index in [1.807, 2.05) is 7.05 Å². The summed E-state index contributed by atoms with van der Waals surface area (Å²) >= 11 is 0. The molecule has 1 aromatic rings. The van der Waals surface area contributed by atoms with Gasteiger partial charge in [0.2, 0.25) is 0 Å². The normalized spacial score (nSPS) is 32.0. The van der Waals surface area contributed by atoms with Crippen molar-refractivity contribution in [3.8, 4) is 6.07 Å². The van der Waals surface area contributed by atoms with Crippen LogP contribution in [0.5, 0.6) is 0 Å². The predicted molar refractivity (Wildman–Crippen MR) is 73.9 cm³/mol. The van der Waals surface area contributed by atoms with Crippen molar-refractivity contribution in [1.82, 2.24) is 4.90 Å². The molecule has 2 unspecified atom stereocenters. The van der Waals surface area contributed by atoms with E-state index >= 15 is 0 Å². The lowest BCUT2D eigenvalue weighted by molar-refractivity contribution is -0.142. The molecule has 0 saturated carbocycles. The molecule has 0 spiro atoms. The van der Waals surface area contributed by atoms with E-state index in [-0.39, 0.29) is 23.2 Å². The second kappa shape index (κ2) is 4.97. The van der Waals surface area contributed by atoms with Gasteiger partial charge >= 0.3 is 6.18 Å². The highest BCUT2D eigenvalue weighted by Crippen LogP contribution is 2.48. The van der Waals surface area contributed by atoms with Crippen molar-refractivity contribution in [2.24, 2.45) is 0 Å². The lowest BCUT2D eigenvalue weighted by Crippen LogP contribution is -2.48. The molecule has 2 fully saturated rings. The van der Waals surface area contributed by atoms with E-state index in [4.69, 9.17) is 5.26 Å². The molecular formula is C16H17F3N2O. The minimum absolute atomic E-state index is 0.0458. The zero-order valence-electron chi connectivity index (χ0n) is 12.2. The van der Waals surface area contributed by atoms with Crippen LogP contribution in [0.3, 0.4) is 0 Å². The number of hydrogen-bond acceptors (Lipinski definition) is 3. The van der Waals surface area contributed by atoms with Crippen molar-refractivity contribution in [3.05, 3.63) is 34.9 Å². The summed E-state index contributed by atoms with van der Waals surface area (Å²) in [6.07, 6.45) is -2.17. The first-order valence-electron chi connectivity index (χ1n) is 7.31. The van der Waals surface area contributed by atoms with Gasteiger partial charge in [0.05, 0.1) is 22.8 Å². The molecule has 22 heavy (non-hydrogen) atoms. The Bertz CT molecular complexity index is 621. The zero-order chi connectivity index (χ0) is 16.1. The van der Waals surface area contributed by atoms with Crippen LogP contribution in [0.15, 0.2) is 18.2 Å². The van der Waals surface area contributed by atoms with Crippen LogP contribution in [0.25, 0.3) is 0 Å². The van der Waals surface area contributed by atoms with Gasteiger partial charge in [0.1, 0.15) is 0 Å². The first kappa shape index (κ1) is 15.3. The third-order valence-electron chi connectivity index (χ3n) is 5.09. The van der Waals surface area contributed by atoms with Crippen molar-refractivity contribution in [3.63, 3.8) is 0 Å². The van der Waals surface area contributed by atoms with Crippen LogP contribution in [0.4, 0.5) is 13.2 Å². The minimum Gasteiger partial charge on any atom is -0.385 e. The monoisotopic (exact) mass is 310 g/mol. The van der Waals surface area contributed by atoms with Gasteiger partial charge in [0, 0.05) is 12.1 Å². The summed E-state index contributed by atoms with van der Waals surface area (Å²) in [5.74, 6) is 0. The fourth-order valence-electron chi connectivity index (χ4n) is 3.92. The summed E-state index contributed by atoms with van der Waals surface area (Å²) in [5, 5.41) is 19.8. The van der Waals surface area contributed by atoms with Gasteiger partial charge in [-0.25, -0.2) is 0 Å². The van der Waals surface area contributed by atoms with E-state index in [0.29, 0.717) is 12.8 Å². The van der Waals surface area contributed by atoms with E-state index in [9.17, 15) is 18.3 Å². The molecule has 2 bridgehead atoms. The summed E-state index contributed by atoms with van der Waals surface area (Å²) in [4.78, 5) is 2.16. The molecule has 2 aliphatic heterocycles. The second-order valence-corrected chi connectivity index (χ2v) is 6.36. The van der Waals surface area contributed by atoms with Crippen LogP contribution in [0.2, 0.25) is 0 Å². The predicted octanol–water partition coefficient (Wildman–Crippen LogP) is 3.02. The van der Waals surface area contributed by atoms with Gasteiger partial charge in [-0.2, -0.15) is 18.4 Å². The Labute approximate surface area is 127 Å². The first-order valence-corrected chi connectivity index (χ1v) is 7.31. The molecule has 0 radical (unpaired) electrons. The first-order chi connectivity index (χ1) is 10.2. The molecule has 2 aliphatic rings. The van der Waals surface area contributed by atoms with Crippen molar-refractivity contribution in [1.29, 1.82) is 5.26 Å². The summed E-state index contributed by atoms with van der Waals surface area (Å²) < 4.78 is 40.0. The minimum atomic E-state index is -4.58. The molecule has 0 amide bonds. The molecule has 2 heterocycles. The number of nitriles is 1. The third kappa shape index (κ3) is 2.38. The lowest BCUT2D eigenvalue weighted by atomic mass is 9.78. The second-order valence-electron chi connectivity index (χ2n) is 6.36. The molecule has 1 N–H and O–H groups in total. The average Bonchev–Trinajstić information content (AvgIpc) is 2.69. The molecule has 0 aliphatic carbocycles. The van der Waals surface area contributed by atoms with Crippen molar-refractivity contribution in [2.45, 2.75) is 49.5 Å².